The monoisotopic (exact) mass is 457 g/mol. The molecule has 0 amide bonds. The van der Waals surface area contributed by atoms with Crippen LogP contribution in [0.4, 0.5) is 5.69 Å². The maximum Gasteiger partial charge on any atom is 0.212 e. The average Bonchev–Trinajstić information content (AvgIpc) is 3.53. The van der Waals surface area contributed by atoms with Crippen LogP contribution < -0.4 is 10.2 Å². The number of aromatic nitrogens is 3. The van der Waals surface area contributed by atoms with Crippen molar-refractivity contribution in [2.45, 2.75) is 28.8 Å². The summed E-state index contributed by atoms with van der Waals surface area (Å²) in [6.45, 7) is 3.04. The first kappa shape index (κ1) is 20.2. The molecule has 31 heavy (non-hydrogen) atoms. The molecular weight excluding hydrogens is 434 g/mol. The molecule has 1 fully saturated rings. The zero-order valence-corrected chi connectivity index (χ0v) is 18.9. The Morgan fingerprint density at radius 2 is 2.19 bits per heavy atom. The number of nitrogens with zero attached hydrogens (tertiary/aromatic N) is 3. The van der Waals surface area contributed by atoms with Crippen molar-refractivity contribution in [1.29, 1.82) is 0 Å². The van der Waals surface area contributed by atoms with Gasteiger partial charge >= 0.3 is 0 Å². The lowest BCUT2D eigenvalue weighted by atomic mass is 10.0. The van der Waals surface area contributed by atoms with E-state index in [1.54, 1.807) is 18.5 Å². The Kier molecular flexibility index (Phi) is 4.87. The third-order valence-corrected chi connectivity index (χ3v) is 10.3. The van der Waals surface area contributed by atoms with Crippen molar-refractivity contribution in [2.75, 3.05) is 25.0 Å². The summed E-state index contributed by atoms with van der Waals surface area (Å²) in [5, 5.41) is 4.22. The predicted molar refractivity (Wildman–Crippen MR) is 121 cm³/mol. The Labute approximate surface area is 184 Å². The molecule has 4 aromatic rings. The van der Waals surface area contributed by atoms with Crippen LogP contribution in [0.25, 0.3) is 21.7 Å². The standard InChI is InChI=1S/C21H23N5O3S2/c1-14-10-18(30-19(14)17-11-23-13-29-17)31(27,28)21(6-3-7-22-12-21)26(2)16-5-9-25-20-15(16)4-8-24-20/h4-5,8-11,13,22H,3,6-7,12H2,1-2H3,(H,24,25)/t21-/m1/s1. The fourth-order valence-corrected chi connectivity index (χ4v) is 8.24. The minimum absolute atomic E-state index is 0.339. The van der Waals surface area contributed by atoms with E-state index in [4.69, 9.17) is 4.42 Å². The van der Waals surface area contributed by atoms with E-state index in [0.717, 1.165) is 40.1 Å². The van der Waals surface area contributed by atoms with Crippen LogP contribution in [0.3, 0.4) is 0 Å². The summed E-state index contributed by atoms with van der Waals surface area (Å²) < 4.78 is 34.1. The number of nitrogens with one attached hydrogen (secondary N) is 2. The van der Waals surface area contributed by atoms with Crippen molar-refractivity contribution in [2.24, 2.45) is 0 Å². The molecule has 8 nitrogen and oxygen atoms in total. The third kappa shape index (κ3) is 3.08. The summed E-state index contributed by atoms with van der Waals surface area (Å²) in [6, 6.07) is 5.56. The fourth-order valence-electron chi connectivity index (χ4n) is 4.36. The van der Waals surface area contributed by atoms with Gasteiger partial charge in [-0.15, -0.1) is 11.3 Å². The highest BCUT2D eigenvalue weighted by Crippen LogP contribution is 2.43. The highest BCUT2D eigenvalue weighted by molar-refractivity contribution is 7.95. The van der Waals surface area contributed by atoms with Gasteiger partial charge in [-0.1, -0.05) is 0 Å². The fraction of sp³-hybridized carbons (Fsp3) is 0.333. The Morgan fingerprint density at radius 3 is 2.94 bits per heavy atom. The van der Waals surface area contributed by atoms with Crippen molar-refractivity contribution < 1.29 is 12.8 Å². The number of likely N-dealkylation sites (N-methyl/N-ethyl adjacent to an activating group) is 1. The number of hydrogen-bond acceptors (Lipinski definition) is 8. The molecule has 1 saturated heterocycles. The molecule has 10 heteroatoms. The summed E-state index contributed by atoms with van der Waals surface area (Å²) in [5.41, 5.74) is 2.43. The third-order valence-electron chi connectivity index (χ3n) is 6.05. The lowest BCUT2D eigenvalue weighted by molar-refractivity contribution is 0.386. The molecule has 0 bridgehead atoms. The Hall–Kier alpha value is -2.69. The summed E-state index contributed by atoms with van der Waals surface area (Å²) >= 11 is 1.24. The van der Waals surface area contributed by atoms with E-state index >= 15 is 0 Å². The topological polar surface area (TPSA) is 104 Å². The number of thiophene rings is 1. The van der Waals surface area contributed by atoms with Crippen LogP contribution >= 0.6 is 11.3 Å². The number of aryl methyl sites for hydroxylation is 1. The number of fused-ring (bicyclic) bond motifs is 1. The van der Waals surface area contributed by atoms with E-state index in [1.807, 2.05) is 37.2 Å². The Bertz CT molecular complexity index is 1320. The molecule has 1 aliphatic rings. The van der Waals surface area contributed by atoms with E-state index in [9.17, 15) is 8.42 Å². The van der Waals surface area contributed by atoms with Crippen molar-refractivity contribution in [3.63, 3.8) is 0 Å². The molecule has 0 aromatic carbocycles. The van der Waals surface area contributed by atoms with Crippen molar-refractivity contribution >= 4 is 37.9 Å². The van der Waals surface area contributed by atoms with Gasteiger partial charge in [0.1, 0.15) is 9.86 Å². The Morgan fingerprint density at radius 1 is 1.32 bits per heavy atom. The van der Waals surface area contributed by atoms with Gasteiger partial charge in [0.05, 0.1) is 16.8 Å². The molecule has 1 atom stereocenters. The Balaban J connectivity index is 1.65. The van der Waals surface area contributed by atoms with Crippen LogP contribution in [0.1, 0.15) is 18.4 Å². The molecule has 2 N–H and O–H groups in total. The van der Waals surface area contributed by atoms with E-state index in [1.165, 1.54) is 17.7 Å². The van der Waals surface area contributed by atoms with Crippen LogP contribution in [0, 0.1) is 6.92 Å². The van der Waals surface area contributed by atoms with Crippen molar-refractivity contribution in [3.8, 4) is 10.6 Å². The first-order chi connectivity index (χ1) is 14.9. The van der Waals surface area contributed by atoms with Gasteiger partial charge < -0.3 is 19.6 Å². The number of piperidine rings is 1. The zero-order chi connectivity index (χ0) is 21.6. The van der Waals surface area contributed by atoms with Crippen molar-refractivity contribution in [3.05, 3.63) is 48.7 Å². The number of aromatic amines is 1. The highest BCUT2D eigenvalue weighted by Gasteiger charge is 2.50. The van der Waals surface area contributed by atoms with Crippen LogP contribution in [-0.4, -0.2) is 48.4 Å². The summed E-state index contributed by atoms with van der Waals surface area (Å²) in [6.07, 6.45) is 7.79. The second kappa shape index (κ2) is 7.47. The average molecular weight is 458 g/mol. The van der Waals surface area contributed by atoms with Gasteiger partial charge in [0.25, 0.3) is 0 Å². The maximum absolute atomic E-state index is 14.2. The number of H-pyrrole nitrogens is 1. The number of rotatable bonds is 5. The minimum Gasteiger partial charge on any atom is -0.443 e. The second-order valence-electron chi connectivity index (χ2n) is 7.80. The second-order valence-corrected chi connectivity index (χ2v) is 11.3. The zero-order valence-electron chi connectivity index (χ0n) is 17.3. The number of anilines is 1. The first-order valence-electron chi connectivity index (χ1n) is 10.0. The maximum atomic E-state index is 14.2. The molecule has 5 rings (SSSR count). The van der Waals surface area contributed by atoms with E-state index in [2.05, 4.69) is 20.3 Å². The molecule has 0 spiro atoms. The molecule has 4 aromatic heterocycles. The highest BCUT2D eigenvalue weighted by atomic mass is 32.2. The van der Waals surface area contributed by atoms with E-state index in [0.29, 0.717) is 22.9 Å². The van der Waals surface area contributed by atoms with E-state index < -0.39 is 14.7 Å². The number of sulfone groups is 1. The van der Waals surface area contributed by atoms with Crippen LogP contribution in [0.2, 0.25) is 0 Å². The smallest absolute Gasteiger partial charge is 0.212 e. The molecule has 0 saturated carbocycles. The quantitative estimate of drug-likeness (QED) is 0.472. The van der Waals surface area contributed by atoms with E-state index in [-0.39, 0.29) is 0 Å². The van der Waals surface area contributed by atoms with Crippen LogP contribution in [0.15, 0.2) is 51.8 Å². The molecule has 5 heterocycles. The number of hydrogen-bond donors (Lipinski definition) is 2. The summed E-state index contributed by atoms with van der Waals surface area (Å²) in [7, 11) is -1.86. The lowest BCUT2D eigenvalue weighted by Crippen LogP contribution is -2.61. The van der Waals surface area contributed by atoms with Crippen molar-refractivity contribution in [1.82, 2.24) is 20.3 Å². The van der Waals surface area contributed by atoms with Gasteiger partial charge in [-0.3, -0.25) is 0 Å². The van der Waals surface area contributed by atoms with Gasteiger partial charge in [0.15, 0.2) is 17.0 Å². The summed E-state index contributed by atoms with van der Waals surface area (Å²) in [4.78, 5) is 13.0. The molecule has 0 aliphatic carbocycles. The predicted octanol–water partition coefficient (Wildman–Crippen LogP) is 3.58. The van der Waals surface area contributed by atoms with Gasteiger partial charge in [0, 0.05) is 31.4 Å². The molecular formula is C21H23N5O3S2. The van der Waals surface area contributed by atoms with Gasteiger partial charge in [-0.25, -0.2) is 18.4 Å². The molecule has 1 aliphatic heterocycles. The normalized spacial score (nSPS) is 19.7. The van der Waals surface area contributed by atoms with Gasteiger partial charge in [-0.05, 0) is 50.1 Å². The largest absolute Gasteiger partial charge is 0.443 e. The number of oxazole rings is 1. The first-order valence-corrected chi connectivity index (χ1v) is 12.3. The SMILES string of the molecule is Cc1cc(S(=O)(=O)[C@]2(N(C)c3ccnc4[nH]ccc34)CCCNC2)sc1-c1cnco1. The van der Waals surface area contributed by atoms with Crippen LogP contribution in [-0.2, 0) is 9.84 Å². The molecule has 0 unspecified atom stereocenters. The van der Waals surface area contributed by atoms with Gasteiger partial charge in [-0.2, -0.15) is 0 Å². The lowest BCUT2D eigenvalue weighted by Gasteiger charge is -2.45. The molecule has 162 valence electrons. The number of pyridine rings is 1. The summed E-state index contributed by atoms with van der Waals surface area (Å²) in [5.74, 6) is 0.580. The van der Waals surface area contributed by atoms with Crippen LogP contribution in [0.5, 0.6) is 0 Å². The van der Waals surface area contributed by atoms with Gasteiger partial charge in [0.2, 0.25) is 9.84 Å². The molecule has 0 radical (unpaired) electrons. The minimum atomic E-state index is -3.73.